The van der Waals surface area contributed by atoms with Crippen LogP contribution < -0.4 is 0 Å². The maximum atomic E-state index is 12.5. The maximum Gasteiger partial charge on any atom is 0.193 e. The number of carbonyl (C=O) groups excluding carboxylic acids is 1. The van der Waals surface area contributed by atoms with Gasteiger partial charge in [0.2, 0.25) is 0 Å². The van der Waals surface area contributed by atoms with Crippen LogP contribution in [0, 0.1) is 29.1 Å². The Bertz CT molecular complexity index is 631. The van der Waals surface area contributed by atoms with Crippen molar-refractivity contribution in [2.75, 3.05) is 0 Å². The lowest BCUT2D eigenvalue weighted by molar-refractivity contribution is -0.130. The Hall–Kier alpha value is -0.413. The first kappa shape index (κ1) is 22.3. The molecule has 1 unspecified atom stereocenters. The lowest BCUT2D eigenvalue weighted by atomic mass is 9.61. The average molecular weight is 405 g/mol. The van der Waals surface area contributed by atoms with Gasteiger partial charge in [0.05, 0.1) is 5.60 Å². The van der Waals surface area contributed by atoms with Gasteiger partial charge in [0.25, 0.3) is 0 Å². The number of ketones is 1. The Morgan fingerprint density at radius 1 is 1.25 bits per heavy atom. The van der Waals surface area contributed by atoms with E-state index in [1.165, 1.54) is 19.3 Å². The summed E-state index contributed by atoms with van der Waals surface area (Å²) < 4.78 is 6.82. The van der Waals surface area contributed by atoms with Gasteiger partial charge >= 0.3 is 0 Å². The van der Waals surface area contributed by atoms with Crippen LogP contribution in [0.3, 0.4) is 0 Å². The molecule has 0 saturated heterocycles. The fourth-order valence-corrected chi connectivity index (χ4v) is 8.14. The van der Waals surface area contributed by atoms with Crippen molar-refractivity contribution < 1.29 is 9.22 Å². The van der Waals surface area contributed by atoms with Crippen LogP contribution in [-0.2, 0) is 9.22 Å². The quantitative estimate of drug-likeness (QED) is 0.359. The fourth-order valence-electron chi connectivity index (χ4n) is 6.52. The molecule has 2 saturated carbocycles. The molecule has 0 N–H and O–H groups in total. The normalized spacial score (nSPS) is 40.0. The van der Waals surface area contributed by atoms with E-state index in [1.807, 2.05) is 0 Å². The molecule has 3 aliphatic carbocycles. The van der Waals surface area contributed by atoms with Gasteiger partial charge in [0.1, 0.15) is 5.78 Å². The smallest absolute Gasteiger partial charge is 0.193 e. The van der Waals surface area contributed by atoms with E-state index in [2.05, 4.69) is 66.8 Å². The zero-order chi connectivity index (χ0) is 21.0. The highest BCUT2D eigenvalue weighted by Gasteiger charge is 2.52. The first-order valence-corrected chi connectivity index (χ1v) is 14.6. The Kier molecular flexibility index (Phi) is 5.87. The predicted octanol–water partition coefficient (Wildman–Crippen LogP) is 7.15. The molecule has 0 aromatic heterocycles. The Morgan fingerprint density at radius 2 is 1.93 bits per heavy atom. The molecule has 160 valence electrons. The third kappa shape index (κ3) is 4.08. The summed E-state index contributed by atoms with van der Waals surface area (Å²) in [5, 5.41) is 0.246. The van der Waals surface area contributed by atoms with E-state index in [-0.39, 0.29) is 16.1 Å². The van der Waals surface area contributed by atoms with Gasteiger partial charge in [-0.2, -0.15) is 0 Å². The van der Waals surface area contributed by atoms with Gasteiger partial charge in [-0.25, -0.2) is 0 Å². The number of fused-ring (bicyclic) bond motifs is 1. The molecule has 3 rings (SSSR count). The first-order chi connectivity index (χ1) is 12.8. The summed E-state index contributed by atoms with van der Waals surface area (Å²) in [6.45, 7) is 18.9. The van der Waals surface area contributed by atoms with E-state index in [9.17, 15) is 4.79 Å². The van der Waals surface area contributed by atoms with Crippen LogP contribution in [0.25, 0.3) is 0 Å². The van der Waals surface area contributed by atoms with Gasteiger partial charge in [-0.3, -0.25) is 4.79 Å². The Morgan fingerprint density at radius 3 is 2.57 bits per heavy atom. The standard InChI is InChI=1S/C25H44O2Si/c1-18(20-11-12-21-22(26)10-9-14-25(20,21)6)16-19-13-15-24(5,17-19)27-28(7,8)23(2,3)4/h13,15,18-21H,9-12,14,16-17H2,1-8H3/t18-,19-,20-,21?,24-,25+/m1/s1. The van der Waals surface area contributed by atoms with Crippen LogP contribution in [0.2, 0.25) is 18.1 Å². The molecule has 0 amide bonds. The monoisotopic (exact) mass is 404 g/mol. The molecular formula is C25H44O2Si. The van der Waals surface area contributed by atoms with Crippen molar-refractivity contribution in [1.29, 1.82) is 0 Å². The minimum Gasteiger partial charge on any atom is -0.408 e. The molecule has 0 aromatic carbocycles. The van der Waals surface area contributed by atoms with Crippen molar-refractivity contribution in [3.63, 3.8) is 0 Å². The van der Waals surface area contributed by atoms with Crippen LogP contribution in [0.1, 0.15) is 86.5 Å². The number of carbonyl (C=O) groups is 1. The van der Waals surface area contributed by atoms with E-state index in [0.29, 0.717) is 29.5 Å². The molecule has 28 heavy (non-hydrogen) atoms. The van der Waals surface area contributed by atoms with Crippen molar-refractivity contribution in [3.8, 4) is 0 Å². The van der Waals surface area contributed by atoms with Gasteiger partial charge in [-0.1, -0.05) is 46.8 Å². The highest BCUT2D eigenvalue weighted by Crippen LogP contribution is 2.57. The lowest BCUT2D eigenvalue weighted by Crippen LogP contribution is -2.47. The summed E-state index contributed by atoms with van der Waals surface area (Å²) in [6, 6.07) is 0. The minimum atomic E-state index is -1.77. The summed E-state index contributed by atoms with van der Waals surface area (Å²) in [5.41, 5.74) is 0.161. The third-order valence-electron chi connectivity index (χ3n) is 8.98. The van der Waals surface area contributed by atoms with Crippen molar-refractivity contribution >= 4 is 14.1 Å². The van der Waals surface area contributed by atoms with Crippen LogP contribution in [0.4, 0.5) is 0 Å². The molecule has 2 fully saturated rings. The van der Waals surface area contributed by atoms with Gasteiger partial charge in [-0.05, 0) is 86.7 Å². The molecule has 3 heteroatoms. The summed E-state index contributed by atoms with van der Waals surface area (Å²) in [4.78, 5) is 12.5. The van der Waals surface area contributed by atoms with Gasteiger partial charge in [-0.15, -0.1) is 0 Å². The van der Waals surface area contributed by atoms with Crippen LogP contribution in [0.5, 0.6) is 0 Å². The Labute approximate surface area is 175 Å². The number of hydrogen-bond donors (Lipinski definition) is 0. The van der Waals surface area contributed by atoms with Crippen molar-refractivity contribution in [2.45, 2.75) is 110 Å². The molecule has 3 aliphatic rings. The number of allylic oxidation sites excluding steroid dienone is 1. The summed E-state index contributed by atoms with van der Waals surface area (Å²) in [5.74, 6) is 2.92. The van der Waals surface area contributed by atoms with E-state index >= 15 is 0 Å². The molecule has 0 aliphatic heterocycles. The second-order valence-electron chi connectivity index (χ2n) is 12.3. The van der Waals surface area contributed by atoms with Gasteiger partial charge in [0, 0.05) is 12.3 Å². The summed E-state index contributed by atoms with van der Waals surface area (Å²) >= 11 is 0. The first-order valence-electron chi connectivity index (χ1n) is 11.7. The molecule has 2 nitrogen and oxygen atoms in total. The third-order valence-corrected chi connectivity index (χ3v) is 13.6. The van der Waals surface area contributed by atoms with Crippen LogP contribution >= 0.6 is 0 Å². The topological polar surface area (TPSA) is 26.3 Å². The predicted molar refractivity (Wildman–Crippen MR) is 121 cm³/mol. The van der Waals surface area contributed by atoms with E-state index < -0.39 is 8.32 Å². The van der Waals surface area contributed by atoms with E-state index in [0.717, 1.165) is 25.7 Å². The second kappa shape index (κ2) is 7.37. The summed E-state index contributed by atoms with van der Waals surface area (Å²) in [6.07, 6.45) is 12.7. The number of Topliss-reactive ketones (excluding diaryl/α,β-unsaturated/α-hetero) is 1. The Balaban J connectivity index is 1.61. The van der Waals surface area contributed by atoms with Crippen molar-refractivity contribution in [2.24, 2.45) is 29.1 Å². The van der Waals surface area contributed by atoms with Crippen LogP contribution in [0.15, 0.2) is 12.2 Å². The molecule has 0 heterocycles. The van der Waals surface area contributed by atoms with Crippen molar-refractivity contribution in [3.05, 3.63) is 12.2 Å². The number of hydrogen-bond acceptors (Lipinski definition) is 2. The van der Waals surface area contributed by atoms with Gasteiger partial charge < -0.3 is 4.43 Å². The zero-order valence-electron chi connectivity index (χ0n) is 19.7. The maximum absolute atomic E-state index is 12.5. The fraction of sp³-hybridized carbons (Fsp3) is 0.880. The van der Waals surface area contributed by atoms with E-state index in [4.69, 9.17) is 4.43 Å². The SMILES string of the molecule is C[C@H](C[C@H]1C=C[C@@](C)(O[Si](C)(C)C(C)(C)C)C1)[C@H]1CCC2C(=O)CCC[C@]21C. The molecule has 6 atom stereocenters. The lowest BCUT2D eigenvalue weighted by Gasteiger charge is -2.43. The highest BCUT2D eigenvalue weighted by molar-refractivity contribution is 6.74. The minimum absolute atomic E-state index is 0.101. The highest BCUT2D eigenvalue weighted by atomic mass is 28.4. The zero-order valence-corrected chi connectivity index (χ0v) is 20.7. The molecule has 0 bridgehead atoms. The average Bonchev–Trinajstić information content (AvgIpc) is 3.06. The molecular weight excluding hydrogens is 360 g/mol. The van der Waals surface area contributed by atoms with Gasteiger partial charge in [0.15, 0.2) is 8.32 Å². The number of rotatable bonds is 5. The summed E-state index contributed by atoms with van der Waals surface area (Å²) in [7, 11) is -1.77. The second-order valence-corrected chi connectivity index (χ2v) is 17.0. The molecule has 0 radical (unpaired) electrons. The van der Waals surface area contributed by atoms with E-state index in [1.54, 1.807) is 0 Å². The van der Waals surface area contributed by atoms with Crippen molar-refractivity contribution in [1.82, 2.24) is 0 Å². The van der Waals surface area contributed by atoms with Crippen LogP contribution in [-0.4, -0.2) is 19.7 Å². The molecule has 0 spiro atoms. The largest absolute Gasteiger partial charge is 0.408 e. The molecule has 0 aromatic rings.